The predicted octanol–water partition coefficient (Wildman–Crippen LogP) is 4.13. The number of fused-ring (bicyclic) bond motifs is 3. The molecule has 1 aliphatic rings. The van der Waals surface area contributed by atoms with Crippen molar-refractivity contribution in [2.24, 2.45) is 5.92 Å². The summed E-state index contributed by atoms with van der Waals surface area (Å²) >= 11 is 1.38. The van der Waals surface area contributed by atoms with E-state index < -0.39 is 0 Å². The van der Waals surface area contributed by atoms with Crippen LogP contribution in [0.25, 0.3) is 10.2 Å². The van der Waals surface area contributed by atoms with Crippen LogP contribution in [0.4, 0.5) is 5.69 Å². The number of nitrogen functional groups attached to an aromatic ring is 1. The molecule has 5 heteroatoms. The number of nitrogens with zero attached hydrogens (tertiary/aromatic N) is 1. The molecular formula is C18H24N2O2S. The summed E-state index contributed by atoms with van der Waals surface area (Å²) in [5.41, 5.74) is 10.8. The molecule has 0 aliphatic heterocycles. The van der Waals surface area contributed by atoms with Gasteiger partial charge in [-0.05, 0) is 56.1 Å². The van der Waals surface area contributed by atoms with Gasteiger partial charge in [0.15, 0.2) is 0 Å². The Morgan fingerprint density at radius 3 is 2.65 bits per heavy atom. The number of hydrogen-bond acceptors (Lipinski definition) is 5. The molecular weight excluding hydrogens is 308 g/mol. The summed E-state index contributed by atoms with van der Waals surface area (Å²) in [5, 5.41) is 1.00. The van der Waals surface area contributed by atoms with E-state index in [2.05, 4.69) is 13.8 Å². The van der Waals surface area contributed by atoms with Crippen molar-refractivity contribution in [3.8, 4) is 0 Å². The van der Waals surface area contributed by atoms with Gasteiger partial charge >= 0.3 is 5.97 Å². The Morgan fingerprint density at radius 2 is 2.00 bits per heavy atom. The van der Waals surface area contributed by atoms with E-state index in [9.17, 15) is 4.79 Å². The zero-order valence-corrected chi connectivity index (χ0v) is 14.9. The Hall–Kier alpha value is -1.62. The Labute approximate surface area is 141 Å². The number of aryl methyl sites for hydroxylation is 1. The fourth-order valence-electron chi connectivity index (χ4n) is 3.40. The average molecular weight is 332 g/mol. The first-order chi connectivity index (χ1) is 11.0. The van der Waals surface area contributed by atoms with Crippen molar-refractivity contribution in [2.75, 3.05) is 12.3 Å². The van der Waals surface area contributed by atoms with E-state index in [0.717, 1.165) is 29.5 Å². The monoisotopic (exact) mass is 332 g/mol. The lowest BCUT2D eigenvalue weighted by atomic mass is 9.87. The molecule has 2 N–H and O–H groups in total. The van der Waals surface area contributed by atoms with Crippen LogP contribution in [0.2, 0.25) is 0 Å². The molecule has 4 nitrogen and oxygen atoms in total. The van der Waals surface area contributed by atoms with Crippen molar-refractivity contribution in [2.45, 2.75) is 52.9 Å². The van der Waals surface area contributed by atoms with Crippen LogP contribution in [0.3, 0.4) is 0 Å². The summed E-state index contributed by atoms with van der Waals surface area (Å²) in [5.74, 6) is 0.232. The standard InChI is InChI=1S/C18H24N2O2S/c1-4-22-18(21)16-15(19)14-12-8-6-5-7-11(12)13(9-10(2)3)20-17(14)23-16/h10H,4-9,19H2,1-3H3. The summed E-state index contributed by atoms with van der Waals surface area (Å²) in [6, 6.07) is 0. The SMILES string of the molecule is CCOC(=O)c1sc2nc(CC(C)C)c3c(c2c1N)CCCC3. The lowest BCUT2D eigenvalue weighted by Crippen LogP contribution is -2.11. The van der Waals surface area contributed by atoms with Gasteiger partial charge in [0, 0.05) is 11.1 Å². The van der Waals surface area contributed by atoms with Crippen molar-refractivity contribution in [1.82, 2.24) is 4.98 Å². The van der Waals surface area contributed by atoms with E-state index in [1.54, 1.807) is 0 Å². The molecule has 0 amide bonds. The highest BCUT2D eigenvalue weighted by molar-refractivity contribution is 7.21. The molecule has 0 aromatic carbocycles. The molecule has 0 saturated heterocycles. The first kappa shape index (κ1) is 16.2. The highest BCUT2D eigenvalue weighted by Gasteiger charge is 2.25. The van der Waals surface area contributed by atoms with Gasteiger partial charge in [-0.1, -0.05) is 13.8 Å². The van der Waals surface area contributed by atoms with Gasteiger partial charge in [-0.15, -0.1) is 11.3 Å². The molecule has 3 rings (SSSR count). The third-order valence-corrected chi connectivity index (χ3v) is 5.42. The van der Waals surface area contributed by atoms with Crippen LogP contribution < -0.4 is 5.73 Å². The number of rotatable bonds is 4. The minimum atomic E-state index is -0.331. The number of pyridine rings is 1. The zero-order chi connectivity index (χ0) is 16.6. The van der Waals surface area contributed by atoms with E-state index in [0.29, 0.717) is 23.1 Å². The number of ether oxygens (including phenoxy) is 1. The third-order valence-electron chi connectivity index (χ3n) is 4.34. The topological polar surface area (TPSA) is 65.2 Å². The number of thiophene rings is 1. The van der Waals surface area contributed by atoms with Gasteiger partial charge in [-0.2, -0.15) is 0 Å². The summed E-state index contributed by atoms with van der Waals surface area (Å²) in [4.78, 5) is 18.4. The van der Waals surface area contributed by atoms with Gasteiger partial charge in [0.25, 0.3) is 0 Å². The molecule has 23 heavy (non-hydrogen) atoms. The van der Waals surface area contributed by atoms with Crippen molar-refractivity contribution < 1.29 is 9.53 Å². The smallest absolute Gasteiger partial charge is 0.350 e. The molecule has 0 atom stereocenters. The van der Waals surface area contributed by atoms with Gasteiger partial charge < -0.3 is 10.5 Å². The van der Waals surface area contributed by atoms with Gasteiger partial charge in [-0.3, -0.25) is 0 Å². The largest absolute Gasteiger partial charge is 0.462 e. The minimum Gasteiger partial charge on any atom is -0.462 e. The number of hydrogen-bond donors (Lipinski definition) is 1. The molecule has 2 heterocycles. The van der Waals surface area contributed by atoms with Crippen molar-refractivity contribution in [3.63, 3.8) is 0 Å². The number of nitrogens with two attached hydrogens (primary N) is 1. The molecule has 0 unspecified atom stereocenters. The van der Waals surface area contributed by atoms with Crippen LogP contribution in [-0.2, 0) is 24.0 Å². The van der Waals surface area contributed by atoms with Crippen LogP contribution >= 0.6 is 11.3 Å². The second-order valence-corrected chi connectivity index (χ2v) is 7.57. The fraction of sp³-hybridized carbons (Fsp3) is 0.556. The second-order valence-electron chi connectivity index (χ2n) is 6.57. The maximum Gasteiger partial charge on any atom is 0.350 e. The normalized spacial score (nSPS) is 14.3. The Morgan fingerprint density at radius 1 is 1.30 bits per heavy atom. The maximum atomic E-state index is 12.1. The quantitative estimate of drug-likeness (QED) is 0.855. The molecule has 2 aromatic rings. The zero-order valence-electron chi connectivity index (χ0n) is 14.1. The van der Waals surface area contributed by atoms with E-state index in [1.165, 1.54) is 41.0 Å². The van der Waals surface area contributed by atoms with E-state index >= 15 is 0 Å². The highest BCUT2D eigenvalue weighted by Crippen LogP contribution is 2.40. The molecule has 124 valence electrons. The summed E-state index contributed by atoms with van der Waals surface area (Å²) < 4.78 is 5.14. The Bertz CT molecular complexity index is 749. The highest BCUT2D eigenvalue weighted by atomic mass is 32.1. The van der Waals surface area contributed by atoms with Gasteiger partial charge in [0.05, 0.1) is 12.3 Å². The van der Waals surface area contributed by atoms with Crippen LogP contribution in [0.1, 0.15) is 60.1 Å². The first-order valence-electron chi connectivity index (χ1n) is 8.42. The Balaban J connectivity index is 2.20. The maximum absolute atomic E-state index is 12.1. The van der Waals surface area contributed by atoms with Gasteiger partial charge in [0.1, 0.15) is 9.71 Å². The predicted molar refractivity (Wildman–Crippen MR) is 95.2 cm³/mol. The lowest BCUT2D eigenvalue weighted by Gasteiger charge is -2.21. The summed E-state index contributed by atoms with van der Waals surface area (Å²) in [6.45, 7) is 6.60. The van der Waals surface area contributed by atoms with Crippen LogP contribution in [-0.4, -0.2) is 17.6 Å². The lowest BCUT2D eigenvalue weighted by molar-refractivity contribution is 0.0533. The number of anilines is 1. The van der Waals surface area contributed by atoms with Crippen LogP contribution in [0.15, 0.2) is 0 Å². The van der Waals surface area contributed by atoms with Gasteiger partial charge in [-0.25, -0.2) is 9.78 Å². The molecule has 0 fully saturated rings. The van der Waals surface area contributed by atoms with E-state index in [-0.39, 0.29) is 5.97 Å². The average Bonchev–Trinajstić information content (AvgIpc) is 2.84. The number of carbonyl (C=O) groups is 1. The number of esters is 1. The van der Waals surface area contributed by atoms with Crippen molar-refractivity contribution in [3.05, 3.63) is 21.7 Å². The third kappa shape index (κ3) is 2.94. The molecule has 0 bridgehead atoms. The molecule has 0 saturated carbocycles. The first-order valence-corrected chi connectivity index (χ1v) is 9.24. The van der Waals surface area contributed by atoms with Crippen LogP contribution in [0.5, 0.6) is 0 Å². The number of carbonyl (C=O) groups excluding carboxylic acids is 1. The number of aromatic nitrogens is 1. The summed E-state index contributed by atoms with van der Waals surface area (Å²) in [7, 11) is 0. The fourth-order valence-corrected chi connectivity index (χ4v) is 4.43. The molecule has 0 spiro atoms. The van der Waals surface area contributed by atoms with Crippen molar-refractivity contribution in [1.29, 1.82) is 0 Å². The van der Waals surface area contributed by atoms with Crippen LogP contribution in [0, 0.1) is 5.92 Å². The Kier molecular flexibility index (Phi) is 4.57. The summed E-state index contributed by atoms with van der Waals surface area (Å²) in [6.07, 6.45) is 5.47. The van der Waals surface area contributed by atoms with Crippen molar-refractivity contribution >= 4 is 33.2 Å². The minimum absolute atomic E-state index is 0.331. The van der Waals surface area contributed by atoms with Gasteiger partial charge in [0.2, 0.25) is 0 Å². The second kappa shape index (κ2) is 6.48. The molecule has 1 aliphatic carbocycles. The van der Waals surface area contributed by atoms with E-state index in [4.69, 9.17) is 15.5 Å². The molecule has 0 radical (unpaired) electrons. The van der Waals surface area contributed by atoms with E-state index in [1.807, 2.05) is 6.92 Å². The molecule has 2 aromatic heterocycles.